The Hall–Kier alpha value is -2.95. The van der Waals surface area contributed by atoms with Crippen LogP contribution in [-0.2, 0) is 10.3 Å². The van der Waals surface area contributed by atoms with Crippen molar-refractivity contribution in [3.63, 3.8) is 0 Å². The molecule has 0 saturated carbocycles. The number of nitrogens with zero attached hydrogens (tertiary/aromatic N) is 4. The number of halogens is 2. The van der Waals surface area contributed by atoms with Gasteiger partial charge >= 0.3 is 0 Å². The number of imidazole rings is 1. The summed E-state index contributed by atoms with van der Waals surface area (Å²) in [6, 6.07) is 1.29. The highest BCUT2D eigenvalue weighted by Gasteiger charge is 2.44. The van der Waals surface area contributed by atoms with Crippen molar-refractivity contribution >= 4 is 28.8 Å². The van der Waals surface area contributed by atoms with E-state index < -0.39 is 23.4 Å². The molecule has 0 radical (unpaired) electrons. The number of hydrogen-bond donors (Lipinski definition) is 2. The minimum Gasteiger partial charge on any atom is -0.490 e. The molecule has 11 heteroatoms. The molecule has 4 heterocycles. The second-order valence-corrected chi connectivity index (χ2v) is 10.9. The third-order valence-electron chi connectivity index (χ3n) is 7.38. The number of anilines is 1. The molecule has 1 atom stereocenters. The van der Waals surface area contributed by atoms with Crippen LogP contribution in [0.15, 0.2) is 18.5 Å². The summed E-state index contributed by atoms with van der Waals surface area (Å²) in [6.45, 7) is 9.10. The lowest BCUT2D eigenvalue weighted by Crippen LogP contribution is -2.52. The van der Waals surface area contributed by atoms with E-state index in [1.54, 1.807) is 36.3 Å². The summed E-state index contributed by atoms with van der Waals surface area (Å²) in [5.41, 5.74) is 5.25. The van der Waals surface area contributed by atoms with E-state index in [4.69, 9.17) is 26.8 Å². The number of nitrogens with two attached hydrogens (primary N) is 1. The molecule has 0 unspecified atom stereocenters. The van der Waals surface area contributed by atoms with Gasteiger partial charge in [-0.3, -0.25) is 9.20 Å². The van der Waals surface area contributed by atoms with E-state index in [2.05, 4.69) is 9.97 Å². The number of fused-ring (bicyclic) bond motifs is 1. The Kier molecular flexibility index (Phi) is 6.32. The second kappa shape index (κ2) is 9.11. The van der Waals surface area contributed by atoms with Crippen LogP contribution in [0.1, 0.15) is 61.1 Å². The Morgan fingerprint density at radius 3 is 2.62 bits per heavy atom. The Morgan fingerprint density at radius 2 is 2.03 bits per heavy atom. The molecule has 2 aliphatic rings. The lowest BCUT2D eigenvalue weighted by Gasteiger charge is -2.47. The summed E-state index contributed by atoms with van der Waals surface area (Å²) >= 11 is 6.34. The van der Waals surface area contributed by atoms with Gasteiger partial charge in [0.15, 0.2) is 5.82 Å². The highest BCUT2D eigenvalue weighted by Crippen LogP contribution is 2.44. The number of ether oxygens (including phenoxy) is 2. The summed E-state index contributed by atoms with van der Waals surface area (Å²) in [5.74, 6) is -1.02. The molecule has 1 aromatic carbocycles. The van der Waals surface area contributed by atoms with Crippen molar-refractivity contribution in [2.75, 3.05) is 32.0 Å². The molecular formula is C26H31ClFN5O4. The largest absolute Gasteiger partial charge is 0.490 e. The summed E-state index contributed by atoms with van der Waals surface area (Å²) in [7, 11) is 0. The fourth-order valence-electron chi connectivity index (χ4n) is 5.25. The number of carbonyl (C=O) groups excluding carboxylic acids is 1. The van der Waals surface area contributed by atoms with Crippen LogP contribution >= 0.6 is 11.6 Å². The van der Waals surface area contributed by atoms with Gasteiger partial charge in [0.25, 0.3) is 5.91 Å². The number of carbonyl (C=O) groups is 1. The monoisotopic (exact) mass is 531 g/mol. The van der Waals surface area contributed by atoms with Gasteiger partial charge in [0, 0.05) is 36.5 Å². The predicted octanol–water partition coefficient (Wildman–Crippen LogP) is 3.71. The molecule has 2 aromatic heterocycles. The number of hydrogen-bond acceptors (Lipinski definition) is 7. The van der Waals surface area contributed by atoms with Crippen LogP contribution in [0, 0.1) is 18.2 Å². The number of aromatic nitrogens is 3. The van der Waals surface area contributed by atoms with Gasteiger partial charge in [-0.05, 0) is 46.6 Å². The van der Waals surface area contributed by atoms with Crippen molar-refractivity contribution in [1.29, 1.82) is 0 Å². The number of nitrogen functional groups attached to an aromatic ring is 1. The van der Waals surface area contributed by atoms with Gasteiger partial charge in [-0.1, -0.05) is 11.6 Å². The van der Waals surface area contributed by atoms with E-state index in [0.717, 1.165) is 12.8 Å². The Labute approximate surface area is 219 Å². The van der Waals surface area contributed by atoms with E-state index >= 15 is 4.39 Å². The van der Waals surface area contributed by atoms with Crippen molar-refractivity contribution in [2.24, 2.45) is 5.41 Å². The molecule has 2 saturated heterocycles. The van der Waals surface area contributed by atoms with Crippen LogP contribution in [0.3, 0.4) is 0 Å². The molecule has 198 valence electrons. The van der Waals surface area contributed by atoms with Gasteiger partial charge in [0.1, 0.15) is 34.1 Å². The van der Waals surface area contributed by atoms with Crippen LogP contribution in [0.4, 0.5) is 10.2 Å². The Morgan fingerprint density at radius 1 is 1.35 bits per heavy atom. The number of aliphatic hydroxyl groups is 1. The van der Waals surface area contributed by atoms with E-state index in [9.17, 15) is 9.90 Å². The fourth-order valence-corrected chi connectivity index (χ4v) is 5.45. The van der Waals surface area contributed by atoms with Crippen LogP contribution in [0.2, 0.25) is 5.02 Å². The Bertz CT molecular complexity index is 1380. The minimum atomic E-state index is -1.84. The van der Waals surface area contributed by atoms with Gasteiger partial charge in [0.05, 0.1) is 30.0 Å². The minimum absolute atomic E-state index is 0.0596. The summed E-state index contributed by atoms with van der Waals surface area (Å²) in [4.78, 5) is 24.0. The zero-order chi connectivity index (χ0) is 26.7. The molecule has 0 bridgehead atoms. The standard InChI is InChI=1S/C26H31ClFN5O4/c1-14(2)37-21-16(25(4,35)24-31-15(3)20-22(29)30-7-10-33(20)24)11-17(27)19(28)18(21)23(34)32-8-5-26(6-9-32)12-36-13-26/h7,10-11,14,35H,5-6,8-9,12-13H2,1-4H3,(H2,29,30)/t25-/m0/s1. The van der Waals surface area contributed by atoms with Crippen molar-refractivity contribution in [2.45, 2.75) is 52.2 Å². The first kappa shape index (κ1) is 25.7. The first-order valence-corrected chi connectivity index (χ1v) is 12.7. The molecule has 37 heavy (non-hydrogen) atoms. The molecule has 3 aromatic rings. The van der Waals surface area contributed by atoms with Crippen molar-refractivity contribution in [3.8, 4) is 5.75 Å². The van der Waals surface area contributed by atoms with Gasteiger partial charge < -0.3 is 25.2 Å². The van der Waals surface area contributed by atoms with E-state index in [1.165, 1.54) is 19.2 Å². The highest BCUT2D eigenvalue weighted by molar-refractivity contribution is 6.31. The van der Waals surface area contributed by atoms with Crippen molar-refractivity contribution in [3.05, 3.63) is 51.9 Å². The topological polar surface area (TPSA) is 115 Å². The normalized spacial score (nSPS) is 18.8. The zero-order valence-corrected chi connectivity index (χ0v) is 22.1. The third kappa shape index (κ3) is 4.20. The van der Waals surface area contributed by atoms with E-state index in [-0.39, 0.29) is 39.0 Å². The van der Waals surface area contributed by atoms with Crippen LogP contribution < -0.4 is 10.5 Å². The van der Waals surface area contributed by atoms with Gasteiger partial charge in [-0.25, -0.2) is 14.4 Å². The van der Waals surface area contributed by atoms with Crippen LogP contribution in [0.25, 0.3) is 5.52 Å². The quantitative estimate of drug-likeness (QED) is 0.515. The van der Waals surface area contributed by atoms with E-state index in [0.29, 0.717) is 37.5 Å². The van der Waals surface area contributed by atoms with Crippen LogP contribution in [-0.4, -0.2) is 62.7 Å². The molecule has 1 amide bonds. The molecule has 2 aliphatic heterocycles. The van der Waals surface area contributed by atoms with E-state index in [1.807, 2.05) is 0 Å². The SMILES string of the molecule is Cc1nc([C@@](C)(O)c2cc(Cl)c(F)c(C(=O)N3CCC4(CC3)COC4)c2OC(C)C)n2ccnc(N)c12. The zero-order valence-electron chi connectivity index (χ0n) is 21.3. The molecule has 1 spiro atoms. The molecule has 2 fully saturated rings. The maximum atomic E-state index is 15.6. The summed E-state index contributed by atoms with van der Waals surface area (Å²) in [5, 5.41) is 11.7. The third-order valence-corrected chi connectivity index (χ3v) is 7.66. The number of rotatable bonds is 5. The average molecular weight is 532 g/mol. The fraction of sp³-hybridized carbons (Fsp3) is 0.500. The molecule has 9 nitrogen and oxygen atoms in total. The summed E-state index contributed by atoms with van der Waals surface area (Å²) in [6.07, 6.45) is 4.26. The number of aryl methyl sites for hydroxylation is 1. The maximum absolute atomic E-state index is 15.6. The van der Waals surface area contributed by atoms with Crippen molar-refractivity contribution in [1.82, 2.24) is 19.3 Å². The molecular weight excluding hydrogens is 501 g/mol. The predicted molar refractivity (Wildman–Crippen MR) is 136 cm³/mol. The first-order chi connectivity index (χ1) is 17.4. The highest BCUT2D eigenvalue weighted by atomic mass is 35.5. The number of amides is 1. The number of piperidine rings is 1. The van der Waals surface area contributed by atoms with Gasteiger partial charge in [0.2, 0.25) is 0 Å². The second-order valence-electron chi connectivity index (χ2n) is 10.5. The van der Waals surface area contributed by atoms with Gasteiger partial charge in [-0.2, -0.15) is 0 Å². The molecule has 3 N–H and O–H groups in total. The first-order valence-electron chi connectivity index (χ1n) is 12.3. The number of likely N-dealkylation sites (tertiary alicyclic amines) is 1. The maximum Gasteiger partial charge on any atom is 0.260 e. The number of benzene rings is 1. The van der Waals surface area contributed by atoms with Gasteiger partial charge in [-0.15, -0.1) is 0 Å². The molecule has 5 rings (SSSR count). The van der Waals surface area contributed by atoms with Crippen molar-refractivity contribution < 1.29 is 23.8 Å². The average Bonchev–Trinajstić information content (AvgIpc) is 3.18. The molecule has 0 aliphatic carbocycles. The summed E-state index contributed by atoms with van der Waals surface area (Å²) < 4.78 is 28.7. The lowest BCUT2D eigenvalue weighted by atomic mass is 9.76. The Balaban J connectivity index is 1.64. The lowest BCUT2D eigenvalue weighted by molar-refractivity contribution is -0.136. The smallest absolute Gasteiger partial charge is 0.260 e. The van der Waals surface area contributed by atoms with Crippen LogP contribution in [0.5, 0.6) is 5.75 Å².